The average molecular weight is 171 g/mol. The van der Waals surface area contributed by atoms with E-state index in [-0.39, 0.29) is 11.6 Å². The van der Waals surface area contributed by atoms with Crippen molar-refractivity contribution in [3.8, 4) is 0 Å². The van der Waals surface area contributed by atoms with Gasteiger partial charge in [0.25, 0.3) is 0 Å². The number of likely N-dealkylation sites (N-methyl/N-ethyl adjacent to an activating group) is 1. The topological polar surface area (TPSA) is 21.3 Å². The van der Waals surface area contributed by atoms with E-state index < -0.39 is 0 Å². The Morgan fingerprint density at radius 1 is 1.58 bits per heavy atom. The summed E-state index contributed by atoms with van der Waals surface area (Å²) in [6.07, 6.45) is 0. The maximum Gasteiger partial charge on any atom is 0.0813 e. The Morgan fingerprint density at radius 2 is 2.08 bits per heavy atom. The minimum Gasteiger partial charge on any atom is -0.377 e. The van der Waals surface area contributed by atoms with Gasteiger partial charge in [-0.3, -0.25) is 0 Å². The zero-order valence-electron chi connectivity index (χ0n) is 8.90. The first-order valence-electron chi connectivity index (χ1n) is 4.39. The Balaban J connectivity index is 4.38. The minimum atomic E-state index is -0.179. The number of methoxy groups -OCH3 is 1. The second-order valence-electron chi connectivity index (χ2n) is 3.64. The van der Waals surface area contributed by atoms with Crippen molar-refractivity contribution < 1.29 is 4.74 Å². The predicted octanol–water partition coefficient (Wildman–Crippen LogP) is 1.97. The average Bonchev–Trinajstić information content (AvgIpc) is 1.99. The minimum absolute atomic E-state index is 0.179. The standard InChI is InChI=1S/C10H21NO/c1-7-11-9(8(2)3)10(4,5)12-6/h9,11H,2,7H2,1,3-6H3. The van der Waals surface area contributed by atoms with Crippen LogP contribution in [0.3, 0.4) is 0 Å². The van der Waals surface area contributed by atoms with E-state index in [9.17, 15) is 0 Å². The molecule has 0 amide bonds. The third-order valence-electron chi connectivity index (χ3n) is 2.12. The molecule has 2 heteroatoms. The van der Waals surface area contributed by atoms with Crippen molar-refractivity contribution in [3.63, 3.8) is 0 Å². The smallest absolute Gasteiger partial charge is 0.0813 e. The van der Waals surface area contributed by atoms with Gasteiger partial charge in [-0.25, -0.2) is 0 Å². The monoisotopic (exact) mass is 171 g/mol. The molecule has 0 spiro atoms. The summed E-state index contributed by atoms with van der Waals surface area (Å²) in [6.45, 7) is 13.1. The molecule has 1 atom stereocenters. The van der Waals surface area contributed by atoms with Gasteiger partial charge < -0.3 is 10.1 Å². The largest absolute Gasteiger partial charge is 0.377 e. The van der Waals surface area contributed by atoms with Crippen LogP contribution in [0.5, 0.6) is 0 Å². The lowest BCUT2D eigenvalue weighted by Crippen LogP contribution is -2.48. The van der Waals surface area contributed by atoms with Gasteiger partial charge in [0.2, 0.25) is 0 Å². The summed E-state index contributed by atoms with van der Waals surface area (Å²) in [5, 5.41) is 3.35. The lowest BCUT2D eigenvalue weighted by Gasteiger charge is -2.34. The molecule has 0 radical (unpaired) electrons. The zero-order chi connectivity index (χ0) is 9.78. The van der Waals surface area contributed by atoms with E-state index in [4.69, 9.17) is 4.74 Å². The van der Waals surface area contributed by atoms with Crippen molar-refractivity contribution in [2.45, 2.75) is 39.3 Å². The molecular weight excluding hydrogens is 150 g/mol. The Kier molecular flexibility index (Phi) is 4.50. The van der Waals surface area contributed by atoms with Crippen molar-refractivity contribution in [2.24, 2.45) is 0 Å². The van der Waals surface area contributed by atoms with E-state index >= 15 is 0 Å². The van der Waals surface area contributed by atoms with Gasteiger partial charge in [0.05, 0.1) is 11.6 Å². The Labute approximate surface area is 76.0 Å². The van der Waals surface area contributed by atoms with Crippen molar-refractivity contribution in [1.82, 2.24) is 5.32 Å². The number of hydrogen-bond donors (Lipinski definition) is 1. The van der Waals surface area contributed by atoms with Crippen LogP contribution in [-0.2, 0) is 4.74 Å². The van der Waals surface area contributed by atoms with Gasteiger partial charge in [0, 0.05) is 7.11 Å². The van der Waals surface area contributed by atoms with Gasteiger partial charge >= 0.3 is 0 Å². The van der Waals surface area contributed by atoms with Crippen LogP contribution >= 0.6 is 0 Å². The maximum atomic E-state index is 5.39. The van der Waals surface area contributed by atoms with E-state index in [0.29, 0.717) is 0 Å². The van der Waals surface area contributed by atoms with Gasteiger partial charge in [-0.1, -0.05) is 19.1 Å². The molecule has 0 aliphatic heterocycles. The highest BCUT2D eigenvalue weighted by atomic mass is 16.5. The molecule has 0 aliphatic carbocycles. The highest BCUT2D eigenvalue weighted by molar-refractivity contribution is 5.09. The fourth-order valence-corrected chi connectivity index (χ4v) is 1.34. The van der Waals surface area contributed by atoms with Gasteiger partial charge in [-0.15, -0.1) is 0 Å². The van der Waals surface area contributed by atoms with Crippen LogP contribution in [0, 0.1) is 0 Å². The van der Waals surface area contributed by atoms with Crippen LogP contribution in [0.25, 0.3) is 0 Å². The van der Waals surface area contributed by atoms with Crippen LogP contribution in [0.1, 0.15) is 27.7 Å². The Bertz CT molecular complexity index is 152. The lowest BCUT2D eigenvalue weighted by atomic mass is 9.93. The fourth-order valence-electron chi connectivity index (χ4n) is 1.34. The number of hydrogen-bond acceptors (Lipinski definition) is 2. The molecule has 0 saturated heterocycles. The van der Waals surface area contributed by atoms with Crippen LogP contribution in [-0.4, -0.2) is 25.3 Å². The van der Waals surface area contributed by atoms with Crippen molar-refractivity contribution in [3.05, 3.63) is 12.2 Å². The summed E-state index contributed by atoms with van der Waals surface area (Å²) < 4.78 is 5.39. The molecule has 0 aromatic carbocycles. The van der Waals surface area contributed by atoms with Crippen LogP contribution < -0.4 is 5.32 Å². The molecular formula is C10H21NO. The van der Waals surface area contributed by atoms with Crippen molar-refractivity contribution in [1.29, 1.82) is 0 Å². The van der Waals surface area contributed by atoms with Crippen molar-refractivity contribution in [2.75, 3.05) is 13.7 Å². The first-order valence-corrected chi connectivity index (χ1v) is 4.39. The molecule has 0 rings (SSSR count). The van der Waals surface area contributed by atoms with E-state index in [1.54, 1.807) is 7.11 Å². The van der Waals surface area contributed by atoms with Gasteiger partial charge in [-0.2, -0.15) is 0 Å². The summed E-state index contributed by atoms with van der Waals surface area (Å²) in [6, 6.07) is 0.229. The van der Waals surface area contributed by atoms with Crippen LogP contribution in [0.15, 0.2) is 12.2 Å². The summed E-state index contributed by atoms with van der Waals surface area (Å²) in [5.41, 5.74) is 0.936. The normalized spacial score (nSPS) is 14.4. The quantitative estimate of drug-likeness (QED) is 0.638. The van der Waals surface area contributed by atoms with E-state index in [1.807, 2.05) is 6.92 Å². The highest BCUT2D eigenvalue weighted by Crippen LogP contribution is 2.18. The molecule has 0 aromatic heterocycles. The van der Waals surface area contributed by atoms with Crippen molar-refractivity contribution >= 4 is 0 Å². The molecule has 0 fully saturated rings. The fraction of sp³-hybridized carbons (Fsp3) is 0.800. The maximum absolute atomic E-state index is 5.39. The number of nitrogens with one attached hydrogen (secondary N) is 1. The molecule has 1 N–H and O–H groups in total. The number of rotatable bonds is 5. The van der Waals surface area contributed by atoms with Gasteiger partial charge in [0.15, 0.2) is 0 Å². The third kappa shape index (κ3) is 2.95. The second kappa shape index (κ2) is 4.63. The molecule has 0 aromatic rings. The summed E-state index contributed by atoms with van der Waals surface area (Å²) >= 11 is 0. The molecule has 0 saturated carbocycles. The Hall–Kier alpha value is -0.340. The summed E-state index contributed by atoms with van der Waals surface area (Å²) in [7, 11) is 1.73. The number of ether oxygens (including phenoxy) is 1. The second-order valence-corrected chi connectivity index (χ2v) is 3.64. The first-order chi connectivity index (χ1) is 5.45. The van der Waals surface area contributed by atoms with E-state index in [1.165, 1.54) is 0 Å². The third-order valence-corrected chi connectivity index (χ3v) is 2.12. The zero-order valence-corrected chi connectivity index (χ0v) is 8.90. The molecule has 72 valence electrons. The van der Waals surface area contributed by atoms with Gasteiger partial charge in [0.1, 0.15) is 0 Å². The van der Waals surface area contributed by atoms with E-state index in [2.05, 4.69) is 32.7 Å². The summed E-state index contributed by atoms with van der Waals surface area (Å²) in [4.78, 5) is 0. The molecule has 0 aliphatic rings. The molecule has 0 heterocycles. The molecule has 12 heavy (non-hydrogen) atoms. The first kappa shape index (κ1) is 11.7. The predicted molar refractivity (Wildman–Crippen MR) is 53.4 cm³/mol. The van der Waals surface area contributed by atoms with Crippen LogP contribution in [0.2, 0.25) is 0 Å². The summed E-state index contributed by atoms with van der Waals surface area (Å²) in [5.74, 6) is 0. The Morgan fingerprint density at radius 3 is 2.33 bits per heavy atom. The van der Waals surface area contributed by atoms with Crippen LogP contribution in [0.4, 0.5) is 0 Å². The molecule has 2 nitrogen and oxygen atoms in total. The molecule has 0 bridgehead atoms. The SMILES string of the molecule is C=C(C)C(NCC)C(C)(C)OC. The highest BCUT2D eigenvalue weighted by Gasteiger charge is 2.28. The molecule has 1 unspecified atom stereocenters. The van der Waals surface area contributed by atoms with Gasteiger partial charge in [-0.05, 0) is 27.3 Å². The van der Waals surface area contributed by atoms with E-state index in [0.717, 1.165) is 12.1 Å². The lowest BCUT2D eigenvalue weighted by molar-refractivity contribution is 0.000548.